The summed E-state index contributed by atoms with van der Waals surface area (Å²) in [6, 6.07) is 18.4. The summed E-state index contributed by atoms with van der Waals surface area (Å²) in [7, 11) is 0. The lowest BCUT2D eigenvalue weighted by Gasteiger charge is -2.32. The Kier molecular flexibility index (Phi) is 7.68. The number of fused-ring (bicyclic) bond motifs is 1. The van der Waals surface area contributed by atoms with Gasteiger partial charge in [-0.1, -0.05) is 37.6 Å². The van der Waals surface area contributed by atoms with Crippen LogP contribution in [0.15, 0.2) is 67.0 Å². The predicted octanol–water partition coefficient (Wildman–Crippen LogP) is 5.42. The lowest BCUT2D eigenvalue weighted by Crippen LogP contribution is -2.40. The van der Waals surface area contributed by atoms with Gasteiger partial charge in [0.15, 0.2) is 5.82 Å². The van der Waals surface area contributed by atoms with Gasteiger partial charge in [0.25, 0.3) is 0 Å². The number of aromatic nitrogens is 3. The van der Waals surface area contributed by atoms with Crippen molar-refractivity contribution in [1.29, 1.82) is 0 Å². The molecule has 5 rings (SSSR count). The number of carbonyl (C=O) groups is 1. The molecular weight excluding hydrogens is 462 g/mol. The second kappa shape index (κ2) is 11.5. The third kappa shape index (κ3) is 5.77. The quantitative estimate of drug-likeness (QED) is 0.313. The van der Waals surface area contributed by atoms with Crippen LogP contribution in [0.4, 0.5) is 5.82 Å². The van der Waals surface area contributed by atoms with Gasteiger partial charge in [0.1, 0.15) is 11.3 Å². The Bertz CT molecular complexity index is 1340. The van der Waals surface area contributed by atoms with Gasteiger partial charge in [0, 0.05) is 43.5 Å². The Balaban J connectivity index is 1.22. The molecule has 1 fully saturated rings. The molecule has 7 nitrogen and oxygen atoms in total. The van der Waals surface area contributed by atoms with Crippen LogP contribution in [0.1, 0.15) is 43.7 Å². The fourth-order valence-corrected chi connectivity index (χ4v) is 4.84. The van der Waals surface area contributed by atoms with E-state index in [1.54, 1.807) is 6.20 Å². The van der Waals surface area contributed by atoms with Gasteiger partial charge < -0.3 is 15.0 Å². The Hall–Kier alpha value is -3.87. The minimum atomic E-state index is 0.0264. The van der Waals surface area contributed by atoms with E-state index in [0.29, 0.717) is 6.54 Å². The molecule has 1 aliphatic heterocycles. The van der Waals surface area contributed by atoms with Crippen LogP contribution in [0.2, 0.25) is 0 Å². The van der Waals surface area contributed by atoms with Crippen molar-refractivity contribution in [2.75, 3.05) is 24.6 Å². The molecule has 7 heteroatoms. The highest BCUT2D eigenvalue weighted by atomic mass is 16.5. The van der Waals surface area contributed by atoms with Crippen molar-refractivity contribution in [3.8, 4) is 17.0 Å². The molecule has 2 aromatic heterocycles. The first kappa shape index (κ1) is 24.8. The molecule has 37 heavy (non-hydrogen) atoms. The van der Waals surface area contributed by atoms with Crippen molar-refractivity contribution in [2.24, 2.45) is 5.92 Å². The number of nitrogens with zero attached hydrogens (tertiary/aromatic N) is 4. The topological polar surface area (TPSA) is 71.8 Å². The van der Waals surface area contributed by atoms with Crippen molar-refractivity contribution in [3.63, 3.8) is 0 Å². The zero-order valence-corrected chi connectivity index (χ0v) is 21.7. The molecule has 0 aliphatic carbocycles. The van der Waals surface area contributed by atoms with Crippen molar-refractivity contribution in [1.82, 2.24) is 19.9 Å². The molecule has 1 saturated heterocycles. The van der Waals surface area contributed by atoms with Crippen LogP contribution in [0, 0.1) is 12.8 Å². The van der Waals surface area contributed by atoms with Crippen LogP contribution in [0.3, 0.4) is 0 Å². The Morgan fingerprint density at radius 2 is 1.89 bits per heavy atom. The zero-order chi connectivity index (χ0) is 25.6. The SMILES string of the molecule is CCCCOc1ccc(-c2cc3c(N4CCC(C(=O)NCc5ccccc5C)CC4)nccn3n2)cc1. The van der Waals surface area contributed by atoms with Crippen LogP contribution in [-0.2, 0) is 11.3 Å². The number of unbranched alkanes of at least 4 members (excludes halogenated alkanes) is 1. The van der Waals surface area contributed by atoms with Gasteiger partial charge in [-0.3, -0.25) is 4.79 Å². The van der Waals surface area contributed by atoms with E-state index >= 15 is 0 Å². The van der Waals surface area contributed by atoms with E-state index in [9.17, 15) is 4.79 Å². The Morgan fingerprint density at radius 1 is 1.11 bits per heavy atom. The van der Waals surface area contributed by atoms with Crippen LogP contribution >= 0.6 is 0 Å². The molecule has 1 aliphatic rings. The van der Waals surface area contributed by atoms with Crippen molar-refractivity contribution >= 4 is 17.2 Å². The number of amides is 1. The number of anilines is 1. The molecular formula is C30H35N5O2. The Labute approximate surface area is 218 Å². The molecule has 0 saturated carbocycles. The number of ether oxygens (including phenoxy) is 1. The molecule has 2 aromatic carbocycles. The minimum Gasteiger partial charge on any atom is -0.494 e. The van der Waals surface area contributed by atoms with E-state index in [1.165, 1.54) is 11.1 Å². The standard InChI is InChI=1S/C30H35N5O2/c1-3-4-19-37-26-11-9-23(10-12-26)27-20-28-29(31-15-18-35(28)33-27)34-16-13-24(14-17-34)30(36)32-21-25-8-6-5-7-22(25)2/h5-12,15,18,20,24H,3-4,13-14,16-17,19,21H2,1-2H3,(H,32,36). The average Bonchev–Trinajstić information content (AvgIpc) is 3.38. The number of rotatable bonds is 9. The largest absolute Gasteiger partial charge is 0.494 e. The summed E-state index contributed by atoms with van der Waals surface area (Å²) in [4.78, 5) is 19.8. The molecule has 1 N–H and O–H groups in total. The second-order valence-corrected chi connectivity index (χ2v) is 9.74. The lowest BCUT2D eigenvalue weighted by atomic mass is 9.95. The van der Waals surface area contributed by atoms with Gasteiger partial charge in [-0.05, 0) is 67.6 Å². The molecule has 0 unspecified atom stereocenters. The summed E-state index contributed by atoms with van der Waals surface area (Å²) < 4.78 is 7.69. The van der Waals surface area contributed by atoms with Gasteiger partial charge in [0.2, 0.25) is 5.91 Å². The van der Waals surface area contributed by atoms with Crippen LogP contribution in [0.25, 0.3) is 16.8 Å². The molecule has 0 spiro atoms. The third-order valence-electron chi connectivity index (χ3n) is 7.17. The summed E-state index contributed by atoms with van der Waals surface area (Å²) >= 11 is 0. The van der Waals surface area contributed by atoms with Crippen molar-refractivity contribution in [2.45, 2.75) is 46.1 Å². The number of benzene rings is 2. The number of nitrogens with one attached hydrogen (secondary N) is 1. The minimum absolute atomic E-state index is 0.0264. The van der Waals surface area contributed by atoms with Crippen molar-refractivity contribution < 1.29 is 9.53 Å². The number of piperidine rings is 1. The maximum Gasteiger partial charge on any atom is 0.223 e. The zero-order valence-electron chi connectivity index (χ0n) is 21.7. The summed E-state index contributed by atoms with van der Waals surface area (Å²) in [5.74, 6) is 1.97. The molecule has 0 bridgehead atoms. The monoisotopic (exact) mass is 497 g/mol. The number of aryl methyl sites for hydroxylation is 1. The van der Waals surface area contributed by atoms with Crippen molar-refractivity contribution in [3.05, 3.63) is 78.1 Å². The summed E-state index contributed by atoms with van der Waals surface area (Å²) in [6.07, 6.45) is 7.47. The van der Waals surface area contributed by atoms with Gasteiger partial charge in [-0.15, -0.1) is 0 Å². The smallest absolute Gasteiger partial charge is 0.223 e. The highest BCUT2D eigenvalue weighted by Crippen LogP contribution is 2.29. The van der Waals surface area contributed by atoms with E-state index in [4.69, 9.17) is 14.8 Å². The highest BCUT2D eigenvalue weighted by molar-refractivity contribution is 5.80. The van der Waals surface area contributed by atoms with E-state index in [-0.39, 0.29) is 11.8 Å². The normalized spacial score (nSPS) is 14.2. The molecule has 0 radical (unpaired) electrons. The first-order chi connectivity index (χ1) is 18.1. The number of hydrogen-bond donors (Lipinski definition) is 1. The van der Waals surface area contributed by atoms with Gasteiger partial charge in [-0.2, -0.15) is 5.10 Å². The van der Waals surface area contributed by atoms with Crippen LogP contribution in [-0.4, -0.2) is 40.2 Å². The van der Waals surface area contributed by atoms with Gasteiger partial charge >= 0.3 is 0 Å². The van der Waals surface area contributed by atoms with E-state index < -0.39 is 0 Å². The first-order valence-corrected chi connectivity index (χ1v) is 13.3. The molecule has 0 atom stereocenters. The van der Waals surface area contributed by atoms with E-state index in [2.05, 4.69) is 54.4 Å². The fourth-order valence-electron chi connectivity index (χ4n) is 4.84. The van der Waals surface area contributed by atoms with Crippen LogP contribution < -0.4 is 15.0 Å². The average molecular weight is 498 g/mol. The number of carbonyl (C=O) groups excluding carboxylic acids is 1. The summed E-state index contributed by atoms with van der Waals surface area (Å²) in [5, 5.41) is 7.93. The van der Waals surface area contributed by atoms with Gasteiger partial charge in [-0.25, -0.2) is 9.50 Å². The predicted molar refractivity (Wildman–Crippen MR) is 147 cm³/mol. The van der Waals surface area contributed by atoms with E-state index in [1.807, 2.05) is 35.0 Å². The molecule has 4 aromatic rings. The number of hydrogen-bond acceptors (Lipinski definition) is 5. The molecule has 3 heterocycles. The highest BCUT2D eigenvalue weighted by Gasteiger charge is 2.27. The fraction of sp³-hybridized carbons (Fsp3) is 0.367. The second-order valence-electron chi connectivity index (χ2n) is 9.74. The molecule has 1 amide bonds. The van der Waals surface area contributed by atoms with E-state index in [0.717, 1.165) is 73.7 Å². The van der Waals surface area contributed by atoms with Crippen LogP contribution in [0.5, 0.6) is 5.75 Å². The van der Waals surface area contributed by atoms with Gasteiger partial charge in [0.05, 0.1) is 12.3 Å². The first-order valence-electron chi connectivity index (χ1n) is 13.3. The summed E-state index contributed by atoms with van der Waals surface area (Å²) in [6.45, 7) is 7.14. The maximum atomic E-state index is 12.8. The summed E-state index contributed by atoms with van der Waals surface area (Å²) in [5.41, 5.74) is 5.29. The third-order valence-corrected chi connectivity index (χ3v) is 7.17. The maximum absolute atomic E-state index is 12.8. The molecule has 192 valence electrons. The Morgan fingerprint density at radius 3 is 2.65 bits per heavy atom. The lowest BCUT2D eigenvalue weighted by molar-refractivity contribution is -0.125.